The van der Waals surface area contributed by atoms with Crippen molar-refractivity contribution in [3.63, 3.8) is 0 Å². The van der Waals surface area contributed by atoms with E-state index in [1.807, 2.05) is 13.8 Å². The van der Waals surface area contributed by atoms with Crippen molar-refractivity contribution in [2.24, 2.45) is 11.8 Å². The third-order valence-corrected chi connectivity index (χ3v) is 6.49. The molecule has 33 heavy (non-hydrogen) atoms. The van der Waals surface area contributed by atoms with E-state index in [1.54, 1.807) is 0 Å². The molecule has 0 radical (unpaired) electrons. The summed E-state index contributed by atoms with van der Waals surface area (Å²) in [5.74, 6) is -1.06. The van der Waals surface area contributed by atoms with Gasteiger partial charge in [-0.3, -0.25) is 4.55 Å². The van der Waals surface area contributed by atoms with Crippen LogP contribution in [0.1, 0.15) is 99.8 Å². The van der Waals surface area contributed by atoms with Gasteiger partial charge < -0.3 is 9.47 Å². The molecule has 0 aliphatic heterocycles. The van der Waals surface area contributed by atoms with Crippen LogP contribution in [0.5, 0.6) is 0 Å². The molecule has 0 aromatic heterocycles. The molecule has 0 heterocycles. The minimum absolute atomic E-state index is 0. The molecule has 0 saturated carbocycles. The second-order valence-electron chi connectivity index (χ2n) is 8.25. The van der Waals surface area contributed by atoms with Gasteiger partial charge in [-0.15, -0.1) is 0 Å². The Morgan fingerprint density at radius 2 is 1.21 bits per heavy atom. The Bertz CT molecular complexity index is 789. The van der Waals surface area contributed by atoms with E-state index in [0.29, 0.717) is 0 Å². The summed E-state index contributed by atoms with van der Waals surface area (Å²) in [6.07, 6.45) is 7.72. The molecule has 2 atom stereocenters. The quantitative estimate of drug-likeness (QED) is 0.174. The van der Waals surface area contributed by atoms with Crippen molar-refractivity contribution in [1.29, 1.82) is 0 Å². The van der Waals surface area contributed by atoms with Gasteiger partial charge in [-0.1, -0.05) is 66.2 Å². The van der Waals surface area contributed by atoms with Crippen molar-refractivity contribution in [1.82, 2.24) is 0 Å². The van der Waals surface area contributed by atoms with Gasteiger partial charge in [0, 0.05) is 0 Å². The Balaban J connectivity index is 0.0000102. The topological polar surface area (TPSA) is 107 Å². The number of hydrogen-bond donors (Lipinski definition) is 1. The van der Waals surface area contributed by atoms with Crippen LogP contribution in [0.4, 0.5) is 0 Å². The summed E-state index contributed by atoms with van der Waals surface area (Å²) in [5.41, 5.74) is -0.231. The van der Waals surface area contributed by atoms with Crippen molar-refractivity contribution in [2.75, 3.05) is 13.2 Å². The van der Waals surface area contributed by atoms with Gasteiger partial charge in [-0.05, 0) is 42.9 Å². The average molecular weight is 610 g/mol. The molecule has 7 nitrogen and oxygen atoms in total. The van der Waals surface area contributed by atoms with Crippen molar-refractivity contribution in [3.8, 4) is 0 Å². The Kier molecular flexibility index (Phi) is 16.9. The predicted molar refractivity (Wildman–Crippen MR) is 132 cm³/mol. The van der Waals surface area contributed by atoms with Crippen LogP contribution >= 0.6 is 0 Å². The summed E-state index contributed by atoms with van der Waals surface area (Å²) in [5, 5.41) is 0. The van der Waals surface area contributed by atoms with Crippen molar-refractivity contribution >= 4 is 70.9 Å². The van der Waals surface area contributed by atoms with Crippen LogP contribution in [-0.4, -0.2) is 87.0 Å². The molecule has 1 N–H and O–H groups in total. The summed E-state index contributed by atoms with van der Waals surface area (Å²) < 4.78 is 43.6. The van der Waals surface area contributed by atoms with E-state index in [2.05, 4.69) is 13.8 Å². The SMILES string of the molecule is CCCCC(CC)COC(=O)c1cc(C(=O)OCC(CC)CCCC)cc(S(=O)(=O)O)c1.[BaH2]. The van der Waals surface area contributed by atoms with E-state index in [9.17, 15) is 22.6 Å². The summed E-state index contributed by atoms with van der Waals surface area (Å²) in [6, 6.07) is 3.27. The maximum atomic E-state index is 12.6. The van der Waals surface area contributed by atoms with Gasteiger partial charge in [0.05, 0.1) is 29.2 Å². The molecule has 0 aliphatic carbocycles. The fraction of sp³-hybridized carbons (Fsp3) is 0.667. The van der Waals surface area contributed by atoms with Gasteiger partial charge in [-0.25, -0.2) is 9.59 Å². The van der Waals surface area contributed by atoms with Crippen LogP contribution in [0.15, 0.2) is 23.1 Å². The first-order valence-electron chi connectivity index (χ1n) is 11.6. The Labute approximate surface area is 239 Å². The molecule has 0 spiro atoms. The standard InChI is InChI=1S/C24H38O7S.Ba.2H/c1-5-9-11-18(7-3)16-30-23(25)20-13-21(15-22(14-20)32(27,28)29)24(26)31-17-19(8-4)12-10-6-2;;;/h13-15,18-19H,5-12,16-17H2,1-4H3,(H,27,28,29);;;. The fourth-order valence-corrected chi connectivity index (χ4v) is 3.89. The van der Waals surface area contributed by atoms with Crippen LogP contribution in [0, 0.1) is 11.8 Å². The molecular formula is C24H40BaO7S. The number of unbranched alkanes of at least 4 members (excludes halogenated alkanes) is 2. The molecule has 0 saturated heterocycles. The first-order valence-corrected chi connectivity index (χ1v) is 13.1. The number of esters is 2. The Morgan fingerprint density at radius 1 is 0.818 bits per heavy atom. The van der Waals surface area contributed by atoms with Crippen molar-refractivity contribution < 1.29 is 32.0 Å². The molecule has 1 aromatic rings. The first-order chi connectivity index (χ1) is 15.2. The van der Waals surface area contributed by atoms with E-state index in [0.717, 1.165) is 63.5 Å². The van der Waals surface area contributed by atoms with Crippen LogP contribution in [-0.2, 0) is 19.6 Å². The molecule has 0 aliphatic rings. The van der Waals surface area contributed by atoms with Gasteiger partial charge in [-0.2, -0.15) is 8.42 Å². The second-order valence-corrected chi connectivity index (χ2v) is 9.67. The Hall–Kier alpha value is -0.359. The molecule has 1 rings (SSSR count). The van der Waals surface area contributed by atoms with E-state index >= 15 is 0 Å². The molecule has 186 valence electrons. The number of carbonyl (C=O) groups excluding carboxylic acids is 2. The third-order valence-electron chi connectivity index (χ3n) is 5.66. The van der Waals surface area contributed by atoms with Gasteiger partial charge >= 0.3 is 60.8 Å². The third kappa shape index (κ3) is 12.2. The predicted octanol–water partition coefficient (Wildman–Crippen LogP) is 4.76. The summed E-state index contributed by atoms with van der Waals surface area (Å²) in [4.78, 5) is 24.6. The first kappa shape index (κ1) is 32.6. The maximum absolute atomic E-state index is 12.6. The number of ether oxygens (including phenoxy) is 2. The zero-order valence-corrected chi connectivity index (χ0v) is 20.6. The molecule has 0 bridgehead atoms. The van der Waals surface area contributed by atoms with E-state index in [1.165, 1.54) is 6.07 Å². The fourth-order valence-electron chi connectivity index (χ4n) is 3.33. The minimum atomic E-state index is -4.63. The van der Waals surface area contributed by atoms with Gasteiger partial charge in [0.1, 0.15) is 0 Å². The zero-order valence-electron chi connectivity index (χ0n) is 19.8. The van der Waals surface area contributed by atoms with Crippen LogP contribution in [0.2, 0.25) is 0 Å². The monoisotopic (exact) mass is 610 g/mol. The number of hydrogen-bond acceptors (Lipinski definition) is 6. The van der Waals surface area contributed by atoms with Crippen LogP contribution in [0.3, 0.4) is 0 Å². The Morgan fingerprint density at radius 3 is 1.52 bits per heavy atom. The van der Waals surface area contributed by atoms with Gasteiger partial charge in [0.25, 0.3) is 10.1 Å². The van der Waals surface area contributed by atoms with Gasteiger partial charge in [0.2, 0.25) is 0 Å². The van der Waals surface area contributed by atoms with Crippen molar-refractivity contribution in [2.45, 2.75) is 84.0 Å². The molecule has 2 unspecified atom stereocenters. The second kappa shape index (κ2) is 17.1. The summed E-state index contributed by atoms with van der Waals surface area (Å²) in [6.45, 7) is 8.64. The molecule has 0 fully saturated rings. The van der Waals surface area contributed by atoms with E-state index in [-0.39, 0.29) is 85.1 Å². The number of carbonyl (C=O) groups is 2. The molecular weight excluding hydrogens is 570 g/mol. The van der Waals surface area contributed by atoms with Gasteiger partial charge in [0.15, 0.2) is 0 Å². The summed E-state index contributed by atoms with van der Waals surface area (Å²) >= 11 is 0. The van der Waals surface area contributed by atoms with Crippen LogP contribution < -0.4 is 0 Å². The van der Waals surface area contributed by atoms with E-state index in [4.69, 9.17) is 9.47 Å². The molecule has 9 heteroatoms. The van der Waals surface area contributed by atoms with E-state index < -0.39 is 27.0 Å². The molecule has 0 amide bonds. The van der Waals surface area contributed by atoms with Crippen molar-refractivity contribution in [3.05, 3.63) is 29.3 Å². The number of benzene rings is 1. The van der Waals surface area contributed by atoms with Crippen LogP contribution in [0.25, 0.3) is 0 Å². The normalized spacial score (nSPS) is 13.0. The molecule has 1 aromatic carbocycles. The average Bonchev–Trinajstić information content (AvgIpc) is 2.78. The zero-order chi connectivity index (χ0) is 24.1. The summed E-state index contributed by atoms with van der Waals surface area (Å²) in [7, 11) is -4.63. The number of rotatable bonds is 15.